The minimum absolute atomic E-state index is 0.157. The molecule has 0 atom stereocenters. The van der Waals surface area contributed by atoms with Crippen LogP contribution in [0.5, 0.6) is 5.75 Å². The molecular formula is C16H15N3O3S. The Balaban J connectivity index is 2.16. The minimum atomic E-state index is -3.83. The van der Waals surface area contributed by atoms with Gasteiger partial charge in [-0.15, -0.1) is 9.19 Å². The molecule has 1 aromatic heterocycles. The third-order valence-electron chi connectivity index (χ3n) is 3.45. The van der Waals surface area contributed by atoms with Gasteiger partial charge in [-0.1, -0.05) is 35.0 Å². The summed E-state index contributed by atoms with van der Waals surface area (Å²) in [7, 11) is -2.30. The Bertz CT molecular complexity index is 931. The number of aryl methyl sites for hydroxylation is 1. The van der Waals surface area contributed by atoms with Gasteiger partial charge in [0.2, 0.25) is 0 Å². The van der Waals surface area contributed by atoms with E-state index < -0.39 is 10.0 Å². The van der Waals surface area contributed by atoms with Crippen molar-refractivity contribution in [3.05, 3.63) is 60.3 Å². The summed E-state index contributed by atoms with van der Waals surface area (Å²) in [4.78, 5) is 0.157. The molecule has 1 heterocycles. The Morgan fingerprint density at radius 2 is 1.74 bits per heavy atom. The van der Waals surface area contributed by atoms with E-state index in [0.29, 0.717) is 17.0 Å². The van der Waals surface area contributed by atoms with E-state index in [1.165, 1.54) is 13.3 Å². The van der Waals surface area contributed by atoms with Gasteiger partial charge in [0.05, 0.1) is 18.2 Å². The molecule has 0 fully saturated rings. The summed E-state index contributed by atoms with van der Waals surface area (Å²) >= 11 is 0. The van der Waals surface area contributed by atoms with Gasteiger partial charge in [-0.3, -0.25) is 0 Å². The Kier molecular flexibility index (Phi) is 3.87. The Morgan fingerprint density at radius 1 is 1.04 bits per heavy atom. The summed E-state index contributed by atoms with van der Waals surface area (Å²) in [5, 5.41) is 7.52. The number of nitrogens with zero attached hydrogens (tertiary/aromatic N) is 3. The van der Waals surface area contributed by atoms with E-state index in [-0.39, 0.29) is 4.90 Å². The first-order valence-electron chi connectivity index (χ1n) is 6.90. The third kappa shape index (κ3) is 2.70. The number of methoxy groups -OCH3 is 1. The van der Waals surface area contributed by atoms with Crippen molar-refractivity contribution in [2.24, 2.45) is 0 Å². The molecule has 0 saturated carbocycles. The van der Waals surface area contributed by atoms with Crippen LogP contribution < -0.4 is 4.74 Å². The number of hydrogen-bond acceptors (Lipinski definition) is 5. The number of aromatic nitrogens is 3. The summed E-state index contributed by atoms with van der Waals surface area (Å²) in [6.45, 7) is 1.89. The molecule has 0 spiro atoms. The predicted molar refractivity (Wildman–Crippen MR) is 85.8 cm³/mol. The number of ether oxygens (including phenoxy) is 1. The fourth-order valence-electron chi connectivity index (χ4n) is 2.24. The highest BCUT2D eigenvalue weighted by Crippen LogP contribution is 2.30. The van der Waals surface area contributed by atoms with E-state index in [4.69, 9.17) is 4.74 Å². The summed E-state index contributed by atoms with van der Waals surface area (Å²) in [5.41, 5.74) is 1.94. The standard InChI is InChI=1S/C16H15N3O3S/c1-12-7-9-13(10-8-12)23(20,21)19-15(11-17-18-19)14-5-3-4-6-16(14)22-2/h3-11H,1-2H3. The van der Waals surface area contributed by atoms with Crippen molar-refractivity contribution in [3.63, 3.8) is 0 Å². The highest BCUT2D eigenvalue weighted by Gasteiger charge is 2.23. The maximum absolute atomic E-state index is 12.8. The number of benzene rings is 2. The van der Waals surface area contributed by atoms with Crippen LogP contribution in [-0.4, -0.2) is 29.9 Å². The molecular weight excluding hydrogens is 314 g/mol. The van der Waals surface area contributed by atoms with Gasteiger partial charge < -0.3 is 4.74 Å². The number of rotatable bonds is 4. The molecule has 7 heteroatoms. The second-order valence-corrected chi connectivity index (χ2v) is 6.75. The van der Waals surface area contributed by atoms with Crippen molar-refractivity contribution in [1.29, 1.82) is 0 Å². The van der Waals surface area contributed by atoms with E-state index in [1.54, 1.807) is 42.5 Å². The van der Waals surface area contributed by atoms with Crippen LogP contribution in [0.1, 0.15) is 5.56 Å². The Morgan fingerprint density at radius 3 is 2.43 bits per heavy atom. The molecule has 0 unspecified atom stereocenters. The summed E-state index contributed by atoms with van der Waals surface area (Å²) in [6, 6.07) is 13.7. The van der Waals surface area contributed by atoms with E-state index in [0.717, 1.165) is 9.65 Å². The van der Waals surface area contributed by atoms with Crippen LogP contribution in [0, 0.1) is 6.92 Å². The van der Waals surface area contributed by atoms with Crippen LogP contribution in [0.4, 0.5) is 0 Å². The van der Waals surface area contributed by atoms with E-state index in [1.807, 2.05) is 13.0 Å². The molecule has 2 aromatic carbocycles. The fraction of sp³-hybridized carbons (Fsp3) is 0.125. The van der Waals surface area contributed by atoms with E-state index >= 15 is 0 Å². The topological polar surface area (TPSA) is 74.1 Å². The van der Waals surface area contributed by atoms with Crippen molar-refractivity contribution in [1.82, 2.24) is 14.4 Å². The monoisotopic (exact) mass is 329 g/mol. The third-order valence-corrected chi connectivity index (χ3v) is 5.04. The zero-order valence-corrected chi connectivity index (χ0v) is 13.5. The zero-order chi connectivity index (χ0) is 16.4. The number of para-hydroxylation sites is 1. The molecule has 118 valence electrons. The van der Waals surface area contributed by atoms with Gasteiger partial charge in [-0.25, -0.2) is 0 Å². The molecule has 3 aromatic rings. The fourth-order valence-corrected chi connectivity index (χ4v) is 3.46. The van der Waals surface area contributed by atoms with Crippen LogP contribution in [0.15, 0.2) is 59.6 Å². The Labute approximate surface area is 134 Å². The summed E-state index contributed by atoms with van der Waals surface area (Å²) in [5.74, 6) is 0.551. The second-order valence-electron chi connectivity index (χ2n) is 4.98. The lowest BCUT2D eigenvalue weighted by Crippen LogP contribution is -2.16. The van der Waals surface area contributed by atoms with Gasteiger partial charge in [0.15, 0.2) is 0 Å². The van der Waals surface area contributed by atoms with Crippen molar-refractivity contribution in [2.45, 2.75) is 11.8 Å². The average molecular weight is 329 g/mol. The van der Waals surface area contributed by atoms with Gasteiger partial charge in [0.1, 0.15) is 11.4 Å². The first-order chi connectivity index (χ1) is 11.0. The lowest BCUT2D eigenvalue weighted by molar-refractivity contribution is 0.416. The second kappa shape index (κ2) is 5.85. The maximum atomic E-state index is 12.8. The number of hydrogen-bond donors (Lipinski definition) is 0. The summed E-state index contributed by atoms with van der Waals surface area (Å²) in [6.07, 6.45) is 1.41. The van der Waals surface area contributed by atoms with E-state index in [2.05, 4.69) is 10.3 Å². The van der Waals surface area contributed by atoms with Crippen LogP contribution >= 0.6 is 0 Å². The van der Waals surface area contributed by atoms with Gasteiger partial charge in [0.25, 0.3) is 10.0 Å². The van der Waals surface area contributed by atoms with Gasteiger partial charge in [-0.05, 0) is 31.2 Å². The lowest BCUT2D eigenvalue weighted by Gasteiger charge is -2.10. The first-order valence-corrected chi connectivity index (χ1v) is 8.34. The molecule has 0 amide bonds. The highest BCUT2D eigenvalue weighted by molar-refractivity contribution is 7.90. The van der Waals surface area contributed by atoms with Crippen molar-refractivity contribution in [3.8, 4) is 17.0 Å². The van der Waals surface area contributed by atoms with Crippen LogP contribution in [0.2, 0.25) is 0 Å². The van der Waals surface area contributed by atoms with Crippen molar-refractivity contribution >= 4 is 10.0 Å². The van der Waals surface area contributed by atoms with Gasteiger partial charge >= 0.3 is 0 Å². The van der Waals surface area contributed by atoms with Crippen LogP contribution in [-0.2, 0) is 10.0 Å². The van der Waals surface area contributed by atoms with Gasteiger partial charge in [-0.2, -0.15) is 8.42 Å². The van der Waals surface area contributed by atoms with Crippen LogP contribution in [0.3, 0.4) is 0 Å². The maximum Gasteiger partial charge on any atom is 0.284 e. The largest absolute Gasteiger partial charge is 0.496 e. The zero-order valence-electron chi connectivity index (χ0n) is 12.7. The lowest BCUT2D eigenvalue weighted by atomic mass is 10.1. The van der Waals surface area contributed by atoms with E-state index in [9.17, 15) is 8.42 Å². The molecule has 0 aliphatic carbocycles. The molecule has 0 radical (unpaired) electrons. The van der Waals surface area contributed by atoms with Crippen LogP contribution in [0.25, 0.3) is 11.3 Å². The molecule has 0 saturated heterocycles. The van der Waals surface area contributed by atoms with Gasteiger partial charge in [0, 0.05) is 5.56 Å². The first kappa shape index (κ1) is 15.2. The normalized spacial score (nSPS) is 11.4. The molecule has 0 bridgehead atoms. The minimum Gasteiger partial charge on any atom is -0.496 e. The smallest absolute Gasteiger partial charge is 0.284 e. The summed E-state index contributed by atoms with van der Waals surface area (Å²) < 4.78 is 31.9. The SMILES string of the molecule is COc1ccccc1-c1cnnn1S(=O)(=O)c1ccc(C)cc1. The molecule has 0 N–H and O–H groups in total. The molecule has 3 rings (SSSR count). The highest BCUT2D eigenvalue weighted by atomic mass is 32.2. The average Bonchev–Trinajstić information content (AvgIpc) is 3.05. The quantitative estimate of drug-likeness (QED) is 0.735. The molecule has 0 aliphatic heterocycles. The molecule has 6 nitrogen and oxygen atoms in total. The van der Waals surface area contributed by atoms with Crippen molar-refractivity contribution in [2.75, 3.05) is 7.11 Å². The Hall–Kier alpha value is -2.67. The molecule has 23 heavy (non-hydrogen) atoms. The predicted octanol–water partition coefficient (Wildman–Crippen LogP) is 2.50. The van der Waals surface area contributed by atoms with Crippen molar-refractivity contribution < 1.29 is 13.2 Å². The molecule has 0 aliphatic rings.